The van der Waals surface area contributed by atoms with Gasteiger partial charge in [-0.05, 0) is 38.1 Å². The van der Waals surface area contributed by atoms with Gasteiger partial charge in [0.1, 0.15) is 13.5 Å². The van der Waals surface area contributed by atoms with Crippen LogP contribution in [0.4, 0.5) is 0 Å². The first kappa shape index (κ1) is 44.1. The third-order valence-electron chi connectivity index (χ3n) is 9.67. The number of benzene rings is 1. The number of rotatable bonds is 34. The van der Waals surface area contributed by atoms with Crippen molar-refractivity contribution < 1.29 is 19.1 Å². The maximum absolute atomic E-state index is 13.0. The number of hydrogen-bond acceptors (Lipinski definition) is 6. The van der Waals surface area contributed by atoms with Gasteiger partial charge in [0.2, 0.25) is 0 Å². The highest BCUT2D eigenvalue weighted by atomic mass is 16.6. The number of ether oxygens (including phenoxy) is 2. The summed E-state index contributed by atoms with van der Waals surface area (Å²) < 4.78 is 11.3. The molecule has 0 aromatic heterocycles. The molecule has 6 heteroatoms. The monoisotopic (exact) mass is 673 g/mol. The number of unbranched alkanes of at least 4 members (excludes halogenated alkanes) is 22. The van der Waals surface area contributed by atoms with Gasteiger partial charge in [-0.25, -0.2) is 9.59 Å². The average molecular weight is 673 g/mol. The predicted molar refractivity (Wildman–Crippen MR) is 204 cm³/mol. The molecular weight excluding hydrogens is 596 g/mol. The zero-order valence-electron chi connectivity index (χ0n) is 32.1. The van der Waals surface area contributed by atoms with Gasteiger partial charge in [0, 0.05) is 13.1 Å². The van der Waals surface area contributed by atoms with Crippen LogP contribution in [-0.4, -0.2) is 61.4 Å². The first-order valence-corrected chi connectivity index (χ1v) is 20.4. The second kappa shape index (κ2) is 32.3. The molecule has 48 heavy (non-hydrogen) atoms. The Hall–Kier alpha value is -1.92. The lowest BCUT2D eigenvalue weighted by molar-refractivity contribution is 0.0180. The summed E-state index contributed by atoms with van der Waals surface area (Å²) in [7, 11) is 0. The number of carbonyl (C=O) groups excluding carboxylic acids is 2. The molecule has 1 rings (SSSR count). The SMILES string of the molecule is CCCCCCCCCCCCCCN(CC)COC(=O)c1ccccc1C(=O)OCN(CC)CCCCCCCCCCCCCC. The Balaban J connectivity index is 2.27. The van der Waals surface area contributed by atoms with E-state index in [1.165, 1.54) is 141 Å². The first-order chi connectivity index (χ1) is 23.6. The zero-order chi connectivity index (χ0) is 34.9. The third kappa shape index (κ3) is 23.4. The molecule has 1 aromatic rings. The van der Waals surface area contributed by atoms with Gasteiger partial charge in [-0.3, -0.25) is 9.80 Å². The summed E-state index contributed by atoms with van der Waals surface area (Å²) >= 11 is 0. The summed E-state index contributed by atoms with van der Waals surface area (Å²) in [4.78, 5) is 30.4. The van der Waals surface area contributed by atoms with Crippen LogP contribution >= 0.6 is 0 Å². The van der Waals surface area contributed by atoms with Crippen LogP contribution in [0.2, 0.25) is 0 Å². The molecule has 0 fully saturated rings. The Labute approximate surface area is 297 Å². The van der Waals surface area contributed by atoms with Gasteiger partial charge in [-0.15, -0.1) is 0 Å². The van der Waals surface area contributed by atoms with Gasteiger partial charge in [-0.1, -0.05) is 181 Å². The van der Waals surface area contributed by atoms with Gasteiger partial charge in [0.05, 0.1) is 11.1 Å². The maximum atomic E-state index is 13.0. The lowest BCUT2D eigenvalue weighted by atomic mass is 10.1. The fourth-order valence-electron chi connectivity index (χ4n) is 6.28. The molecule has 0 unspecified atom stereocenters. The summed E-state index contributed by atoms with van der Waals surface area (Å²) in [6.45, 7) is 12.7. The Morgan fingerprint density at radius 2 is 0.708 bits per heavy atom. The smallest absolute Gasteiger partial charge is 0.340 e. The Kier molecular flexibility index (Phi) is 29.7. The Morgan fingerprint density at radius 1 is 0.438 bits per heavy atom. The van der Waals surface area contributed by atoms with Crippen LogP contribution in [0.25, 0.3) is 0 Å². The van der Waals surface area contributed by atoms with Gasteiger partial charge >= 0.3 is 11.9 Å². The molecule has 0 spiro atoms. The minimum absolute atomic E-state index is 0.236. The standard InChI is InChI=1S/C42H76N2O4/c1-5-9-11-13-15-17-19-21-23-25-27-31-35-43(7-3)37-47-41(45)39-33-29-30-34-40(39)42(46)48-38-44(8-4)36-32-28-26-24-22-20-18-16-14-12-10-6-2/h29-30,33-34H,5-28,31-32,35-38H2,1-4H3. The summed E-state index contributed by atoms with van der Waals surface area (Å²) in [5.41, 5.74) is 0.542. The highest BCUT2D eigenvalue weighted by Crippen LogP contribution is 2.16. The topological polar surface area (TPSA) is 59.1 Å². The van der Waals surface area contributed by atoms with Crippen molar-refractivity contribution in [3.05, 3.63) is 35.4 Å². The summed E-state index contributed by atoms with van der Waals surface area (Å²) in [6.07, 6.45) is 31.8. The van der Waals surface area contributed by atoms with E-state index in [1.807, 2.05) is 0 Å². The molecule has 0 saturated carbocycles. The number of esters is 2. The normalized spacial score (nSPS) is 11.5. The average Bonchev–Trinajstić information content (AvgIpc) is 3.11. The highest BCUT2D eigenvalue weighted by molar-refractivity contribution is 6.03. The lowest BCUT2D eigenvalue weighted by Gasteiger charge is -2.21. The van der Waals surface area contributed by atoms with E-state index in [0.29, 0.717) is 0 Å². The van der Waals surface area contributed by atoms with Crippen molar-refractivity contribution >= 4 is 11.9 Å². The molecule has 0 aliphatic carbocycles. The Morgan fingerprint density at radius 3 is 0.979 bits per heavy atom. The third-order valence-corrected chi connectivity index (χ3v) is 9.67. The van der Waals surface area contributed by atoms with E-state index in [0.717, 1.165) is 39.0 Å². The first-order valence-electron chi connectivity index (χ1n) is 20.4. The molecule has 0 amide bonds. The van der Waals surface area contributed by atoms with Crippen LogP contribution in [0.15, 0.2) is 24.3 Å². The number of nitrogens with zero attached hydrogens (tertiary/aromatic N) is 2. The van der Waals surface area contributed by atoms with Crippen molar-refractivity contribution in [3.63, 3.8) is 0 Å². The van der Waals surface area contributed by atoms with Gasteiger partial charge in [-0.2, -0.15) is 0 Å². The van der Waals surface area contributed by atoms with E-state index < -0.39 is 11.9 Å². The number of carbonyl (C=O) groups is 2. The van der Waals surface area contributed by atoms with E-state index in [4.69, 9.17) is 9.47 Å². The van der Waals surface area contributed by atoms with E-state index >= 15 is 0 Å². The summed E-state index contributed by atoms with van der Waals surface area (Å²) in [5, 5.41) is 0. The van der Waals surface area contributed by atoms with Crippen LogP contribution in [0, 0.1) is 0 Å². The molecule has 0 aliphatic rings. The molecular formula is C42H76N2O4. The van der Waals surface area contributed by atoms with Crippen LogP contribution in [0.1, 0.15) is 203 Å². The maximum Gasteiger partial charge on any atom is 0.340 e. The summed E-state index contributed by atoms with van der Waals surface area (Å²) in [6, 6.07) is 6.85. The van der Waals surface area contributed by atoms with Crippen LogP contribution in [0.5, 0.6) is 0 Å². The molecule has 0 saturated heterocycles. The molecule has 278 valence electrons. The second-order valence-corrected chi connectivity index (χ2v) is 13.9. The molecule has 0 bridgehead atoms. The van der Waals surface area contributed by atoms with Gasteiger partial charge in [0.25, 0.3) is 0 Å². The van der Waals surface area contributed by atoms with Crippen molar-refractivity contribution in [1.29, 1.82) is 0 Å². The minimum atomic E-state index is -0.473. The second-order valence-electron chi connectivity index (χ2n) is 13.9. The highest BCUT2D eigenvalue weighted by Gasteiger charge is 2.20. The fraction of sp³-hybridized carbons (Fsp3) is 0.810. The lowest BCUT2D eigenvalue weighted by Crippen LogP contribution is -2.30. The van der Waals surface area contributed by atoms with E-state index in [-0.39, 0.29) is 24.6 Å². The van der Waals surface area contributed by atoms with Crippen molar-refractivity contribution in [3.8, 4) is 0 Å². The molecule has 0 radical (unpaired) electrons. The molecule has 0 N–H and O–H groups in total. The fourth-order valence-corrected chi connectivity index (χ4v) is 6.28. The largest absolute Gasteiger partial charge is 0.446 e. The Bertz CT molecular complexity index is 821. The molecule has 0 heterocycles. The molecule has 0 aliphatic heterocycles. The zero-order valence-corrected chi connectivity index (χ0v) is 32.1. The van der Waals surface area contributed by atoms with Gasteiger partial charge < -0.3 is 9.47 Å². The van der Waals surface area contributed by atoms with Crippen molar-refractivity contribution in [2.75, 3.05) is 39.6 Å². The summed E-state index contributed by atoms with van der Waals surface area (Å²) in [5.74, 6) is -0.945. The molecule has 0 atom stereocenters. The predicted octanol–water partition coefficient (Wildman–Crippen LogP) is 12.0. The van der Waals surface area contributed by atoms with Crippen LogP contribution < -0.4 is 0 Å². The number of hydrogen-bond donors (Lipinski definition) is 0. The van der Waals surface area contributed by atoms with E-state index in [1.54, 1.807) is 24.3 Å². The minimum Gasteiger partial charge on any atom is -0.446 e. The van der Waals surface area contributed by atoms with Crippen LogP contribution in [0.3, 0.4) is 0 Å². The van der Waals surface area contributed by atoms with Crippen molar-refractivity contribution in [2.45, 2.75) is 182 Å². The molecule has 1 aromatic carbocycles. The van der Waals surface area contributed by atoms with Crippen molar-refractivity contribution in [2.24, 2.45) is 0 Å². The van der Waals surface area contributed by atoms with E-state index in [9.17, 15) is 9.59 Å². The van der Waals surface area contributed by atoms with E-state index in [2.05, 4.69) is 37.5 Å². The quantitative estimate of drug-likeness (QED) is 0.0412. The van der Waals surface area contributed by atoms with Gasteiger partial charge in [0.15, 0.2) is 0 Å². The molecule has 6 nitrogen and oxygen atoms in total. The van der Waals surface area contributed by atoms with Crippen molar-refractivity contribution in [1.82, 2.24) is 9.80 Å². The van der Waals surface area contributed by atoms with Crippen LogP contribution in [-0.2, 0) is 9.47 Å².